The first-order valence-electron chi connectivity index (χ1n) is 5.08. The molecule has 0 bridgehead atoms. The second-order valence-electron chi connectivity index (χ2n) is 4.47. The third kappa shape index (κ3) is 4.38. The number of rotatable bonds is 1. The Balaban J connectivity index is 2.76. The number of nitrogens with one attached hydrogen (secondary N) is 1. The van der Waals surface area contributed by atoms with E-state index in [0.717, 1.165) is 0 Å². The fourth-order valence-electron chi connectivity index (χ4n) is 1.12. The number of carbonyl (C=O) groups is 1. The summed E-state index contributed by atoms with van der Waals surface area (Å²) in [5.74, 6) is 2.46. The molecule has 1 N–H and O–H groups in total. The predicted octanol–water partition coefficient (Wildman–Crippen LogP) is 3.67. The van der Waals surface area contributed by atoms with Gasteiger partial charge in [-0.05, 0) is 39.0 Å². The molecule has 4 heteroatoms. The maximum atomic E-state index is 11.5. The molecule has 0 aliphatic rings. The summed E-state index contributed by atoms with van der Waals surface area (Å²) in [4.78, 5) is 11.5. The molecule has 0 aliphatic carbocycles. The lowest BCUT2D eigenvalue weighted by Crippen LogP contribution is -2.27. The summed E-state index contributed by atoms with van der Waals surface area (Å²) in [6, 6.07) is 4.94. The van der Waals surface area contributed by atoms with E-state index in [2.05, 4.69) is 11.2 Å². The summed E-state index contributed by atoms with van der Waals surface area (Å²) in [6.07, 6.45) is 4.68. The zero-order chi connectivity index (χ0) is 13.1. The fourth-order valence-corrected chi connectivity index (χ4v) is 1.35. The van der Waals surface area contributed by atoms with E-state index in [1.807, 2.05) is 0 Å². The van der Waals surface area contributed by atoms with Gasteiger partial charge in [-0.25, -0.2) is 4.79 Å². The van der Waals surface area contributed by atoms with Gasteiger partial charge in [0.25, 0.3) is 0 Å². The van der Waals surface area contributed by atoms with Crippen LogP contribution in [0, 0.1) is 12.3 Å². The Kier molecular flexibility index (Phi) is 4.03. The van der Waals surface area contributed by atoms with Gasteiger partial charge in [-0.2, -0.15) is 0 Å². The second-order valence-corrected chi connectivity index (χ2v) is 4.87. The number of terminal acetylenes is 1. The third-order valence-electron chi connectivity index (χ3n) is 1.77. The molecule has 3 nitrogen and oxygen atoms in total. The third-order valence-corrected chi connectivity index (χ3v) is 2.08. The zero-order valence-corrected chi connectivity index (χ0v) is 10.8. The van der Waals surface area contributed by atoms with Gasteiger partial charge in [0.2, 0.25) is 0 Å². The summed E-state index contributed by atoms with van der Waals surface area (Å²) in [5, 5.41) is 2.94. The van der Waals surface area contributed by atoms with Gasteiger partial charge in [-0.15, -0.1) is 6.42 Å². The first-order chi connectivity index (χ1) is 7.81. The van der Waals surface area contributed by atoms with Crippen LogP contribution in [0.1, 0.15) is 26.3 Å². The van der Waals surface area contributed by atoms with Crippen molar-refractivity contribution in [1.29, 1.82) is 0 Å². The van der Waals surface area contributed by atoms with Crippen molar-refractivity contribution in [3.8, 4) is 12.3 Å². The number of hydrogen-bond donors (Lipinski definition) is 1. The maximum Gasteiger partial charge on any atom is 0.412 e. The van der Waals surface area contributed by atoms with Gasteiger partial charge >= 0.3 is 6.09 Å². The molecule has 0 fully saturated rings. The van der Waals surface area contributed by atoms with E-state index < -0.39 is 11.7 Å². The van der Waals surface area contributed by atoms with Gasteiger partial charge in [-0.1, -0.05) is 17.5 Å². The smallest absolute Gasteiger partial charge is 0.412 e. The lowest BCUT2D eigenvalue weighted by Gasteiger charge is -2.20. The molecular formula is C13H14ClNO2. The number of amides is 1. The molecule has 1 aromatic carbocycles. The average molecular weight is 252 g/mol. The largest absolute Gasteiger partial charge is 0.444 e. The Morgan fingerprint density at radius 2 is 2.12 bits per heavy atom. The Morgan fingerprint density at radius 3 is 2.59 bits per heavy atom. The molecule has 0 aromatic heterocycles. The van der Waals surface area contributed by atoms with Crippen molar-refractivity contribution in [2.24, 2.45) is 0 Å². The minimum absolute atomic E-state index is 0.381. The maximum absolute atomic E-state index is 11.5. The topological polar surface area (TPSA) is 38.3 Å². The summed E-state index contributed by atoms with van der Waals surface area (Å²) < 4.78 is 5.10. The monoisotopic (exact) mass is 251 g/mol. The standard InChI is InChI=1S/C13H14ClNO2/c1-5-9-6-7-11(10(14)8-9)15-12(16)17-13(2,3)4/h1,6-8H,2-4H3,(H,15,16). The molecule has 90 valence electrons. The van der Waals surface area contributed by atoms with Crippen LogP contribution in [0.25, 0.3) is 0 Å². The highest BCUT2D eigenvalue weighted by atomic mass is 35.5. The van der Waals surface area contributed by atoms with Crippen molar-refractivity contribution >= 4 is 23.4 Å². The van der Waals surface area contributed by atoms with Gasteiger partial charge in [0.1, 0.15) is 5.60 Å². The van der Waals surface area contributed by atoms with Gasteiger partial charge in [0.15, 0.2) is 0 Å². The van der Waals surface area contributed by atoms with E-state index in [1.54, 1.807) is 39.0 Å². The summed E-state index contributed by atoms with van der Waals surface area (Å²) in [5.41, 5.74) is 0.583. The van der Waals surface area contributed by atoms with Crippen LogP contribution in [0.2, 0.25) is 5.02 Å². The molecule has 0 spiro atoms. The molecule has 0 saturated carbocycles. The van der Waals surface area contributed by atoms with E-state index in [4.69, 9.17) is 22.8 Å². The van der Waals surface area contributed by atoms with Crippen LogP contribution in [0.3, 0.4) is 0 Å². The molecule has 0 aliphatic heterocycles. The highest BCUT2D eigenvalue weighted by molar-refractivity contribution is 6.33. The van der Waals surface area contributed by atoms with Gasteiger partial charge in [-0.3, -0.25) is 5.32 Å². The Morgan fingerprint density at radius 1 is 1.47 bits per heavy atom. The van der Waals surface area contributed by atoms with Crippen LogP contribution in [0.5, 0.6) is 0 Å². The molecule has 1 aromatic rings. The van der Waals surface area contributed by atoms with Crippen molar-refractivity contribution in [2.75, 3.05) is 5.32 Å². The highest BCUT2D eigenvalue weighted by Crippen LogP contribution is 2.23. The lowest BCUT2D eigenvalue weighted by atomic mass is 10.2. The molecule has 0 atom stereocenters. The Hall–Kier alpha value is -1.66. The van der Waals surface area contributed by atoms with Gasteiger partial charge < -0.3 is 4.74 Å². The molecule has 1 amide bonds. The first-order valence-corrected chi connectivity index (χ1v) is 5.46. The van der Waals surface area contributed by atoms with Crippen LogP contribution in [0.15, 0.2) is 18.2 Å². The molecule has 0 saturated heterocycles. The van der Waals surface area contributed by atoms with Crippen LogP contribution in [-0.4, -0.2) is 11.7 Å². The zero-order valence-electron chi connectivity index (χ0n) is 10.0. The minimum atomic E-state index is -0.548. The first kappa shape index (κ1) is 13.4. The van der Waals surface area contributed by atoms with Crippen molar-refractivity contribution in [1.82, 2.24) is 0 Å². The highest BCUT2D eigenvalue weighted by Gasteiger charge is 2.16. The van der Waals surface area contributed by atoms with Gasteiger partial charge in [0.05, 0.1) is 10.7 Å². The quantitative estimate of drug-likeness (QED) is 0.774. The van der Waals surface area contributed by atoms with Crippen LogP contribution in [0.4, 0.5) is 10.5 Å². The Labute approximate surface area is 106 Å². The van der Waals surface area contributed by atoms with Crippen LogP contribution >= 0.6 is 11.6 Å². The molecule has 0 unspecified atom stereocenters. The number of carbonyl (C=O) groups excluding carboxylic acids is 1. The van der Waals surface area contributed by atoms with Crippen molar-refractivity contribution in [3.63, 3.8) is 0 Å². The van der Waals surface area contributed by atoms with E-state index in [0.29, 0.717) is 16.3 Å². The number of benzene rings is 1. The van der Waals surface area contributed by atoms with Crippen molar-refractivity contribution in [3.05, 3.63) is 28.8 Å². The number of hydrogen-bond acceptors (Lipinski definition) is 2. The normalized spacial score (nSPS) is 10.5. The minimum Gasteiger partial charge on any atom is -0.444 e. The molecule has 17 heavy (non-hydrogen) atoms. The van der Waals surface area contributed by atoms with E-state index in [1.165, 1.54) is 0 Å². The second kappa shape index (κ2) is 5.11. The number of ether oxygens (including phenoxy) is 1. The molecule has 0 radical (unpaired) electrons. The summed E-state index contributed by atoms with van der Waals surface area (Å²) in [7, 11) is 0. The summed E-state index contributed by atoms with van der Waals surface area (Å²) in [6.45, 7) is 5.36. The van der Waals surface area contributed by atoms with E-state index >= 15 is 0 Å². The van der Waals surface area contributed by atoms with Gasteiger partial charge in [0, 0.05) is 5.56 Å². The fraction of sp³-hybridized carbons (Fsp3) is 0.308. The molecule has 0 heterocycles. The van der Waals surface area contributed by atoms with E-state index in [-0.39, 0.29) is 0 Å². The average Bonchev–Trinajstić information content (AvgIpc) is 2.18. The number of anilines is 1. The van der Waals surface area contributed by atoms with Crippen molar-refractivity contribution in [2.45, 2.75) is 26.4 Å². The summed E-state index contributed by atoms with van der Waals surface area (Å²) >= 11 is 5.96. The molecular weight excluding hydrogens is 238 g/mol. The van der Waals surface area contributed by atoms with Crippen LogP contribution < -0.4 is 5.32 Å². The predicted molar refractivity (Wildman–Crippen MR) is 69.2 cm³/mol. The Bertz CT molecular complexity index is 469. The van der Waals surface area contributed by atoms with Crippen molar-refractivity contribution < 1.29 is 9.53 Å². The number of halogens is 1. The molecule has 1 rings (SSSR count). The van der Waals surface area contributed by atoms with Crippen LogP contribution in [-0.2, 0) is 4.74 Å². The van der Waals surface area contributed by atoms with E-state index in [9.17, 15) is 4.79 Å². The SMILES string of the molecule is C#Cc1ccc(NC(=O)OC(C)(C)C)c(Cl)c1. The lowest BCUT2D eigenvalue weighted by molar-refractivity contribution is 0.0636.